The van der Waals surface area contributed by atoms with Crippen LogP contribution in [0.5, 0.6) is 0 Å². The van der Waals surface area contributed by atoms with Gasteiger partial charge in [0.25, 0.3) is 0 Å². The number of hydrogen-bond acceptors (Lipinski definition) is 1. The highest BCUT2D eigenvalue weighted by Crippen LogP contribution is 2.18. The largest absolute Gasteiger partial charge is 0.332 e. The smallest absolute Gasteiger partial charge is 0.175 e. The lowest BCUT2D eigenvalue weighted by Crippen LogP contribution is -2.20. The summed E-state index contributed by atoms with van der Waals surface area (Å²) in [6.07, 6.45) is 0. The van der Waals surface area contributed by atoms with Gasteiger partial charge in [0.15, 0.2) is 5.11 Å². The summed E-state index contributed by atoms with van der Waals surface area (Å²) in [6, 6.07) is 12.4. The quantitative estimate of drug-likeness (QED) is 0.585. The van der Waals surface area contributed by atoms with Gasteiger partial charge in [0.2, 0.25) is 0 Å². The molecule has 0 atom stereocenters. The van der Waals surface area contributed by atoms with Crippen molar-refractivity contribution in [3.05, 3.63) is 57.4 Å². The highest BCUT2D eigenvalue weighted by Gasteiger charge is 2.05. The minimum absolute atomic E-state index is 0.328. The maximum atomic E-state index is 13.5. The Labute approximate surface area is 130 Å². The third-order valence-corrected chi connectivity index (χ3v) is 3.43. The van der Waals surface area contributed by atoms with Crippen molar-refractivity contribution in [3.8, 4) is 0 Å². The Balaban J connectivity index is 2.08. The van der Waals surface area contributed by atoms with Crippen LogP contribution in [-0.2, 0) is 0 Å². The van der Waals surface area contributed by atoms with Gasteiger partial charge in [-0.3, -0.25) is 0 Å². The summed E-state index contributed by atoms with van der Waals surface area (Å²) < 4.78 is 14.6. The molecule has 2 N–H and O–H groups in total. The fourth-order valence-corrected chi connectivity index (χ4v) is 2.47. The first kappa shape index (κ1) is 14.2. The van der Waals surface area contributed by atoms with Gasteiger partial charge in [0.05, 0.1) is 5.69 Å². The molecule has 0 aromatic heterocycles. The van der Waals surface area contributed by atoms with Gasteiger partial charge in [0, 0.05) is 9.26 Å². The van der Waals surface area contributed by atoms with Crippen LogP contribution in [-0.4, -0.2) is 5.11 Å². The first-order chi connectivity index (χ1) is 9.06. The lowest BCUT2D eigenvalue weighted by atomic mass is 10.2. The van der Waals surface area contributed by atoms with Crippen LogP contribution in [0.3, 0.4) is 0 Å². The van der Waals surface area contributed by atoms with Crippen LogP contribution in [0.25, 0.3) is 0 Å². The third-order valence-electron chi connectivity index (χ3n) is 2.56. The molecule has 2 nitrogen and oxygen atoms in total. The minimum atomic E-state index is -0.328. The number of para-hydroxylation sites is 1. The van der Waals surface area contributed by atoms with E-state index in [0.29, 0.717) is 10.8 Å². The van der Waals surface area contributed by atoms with Gasteiger partial charge in [0.1, 0.15) is 5.82 Å². The zero-order chi connectivity index (χ0) is 13.8. The van der Waals surface area contributed by atoms with E-state index in [4.69, 9.17) is 12.2 Å². The summed E-state index contributed by atoms with van der Waals surface area (Å²) in [4.78, 5) is 0. The average molecular weight is 386 g/mol. The van der Waals surface area contributed by atoms with Crippen LogP contribution in [0.15, 0.2) is 42.5 Å². The van der Waals surface area contributed by atoms with E-state index in [9.17, 15) is 4.39 Å². The molecule has 0 aliphatic heterocycles. The molecule has 0 aliphatic rings. The molecule has 0 heterocycles. The molecule has 2 rings (SSSR count). The summed E-state index contributed by atoms with van der Waals surface area (Å²) in [5.74, 6) is -0.328. The van der Waals surface area contributed by atoms with E-state index >= 15 is 0 Å². The number of thiocarbonyl (C=S) groups is 1. The molecule has 0 aliphatic carbocycles. The number of benzene rings is 2. The Kier molecular flexibility index (Phi) is 4.71. The van der Waals surface area contributed by atoms with Crippen molar-refractivity contribution >= 4 is 51.3 Å². The van der Waals surface area contributed by atoms with Gasteiger partial charge >= 0.3 is 0 Å². The normalized spacial score (nSPS) is 10.1. The highest BCUT2D eigenvalue weighted by atomic mass is 127. The molecule has 19 heavy (non-hydrogen) atoms. The SMILES string of the molecule is Cc1cc(I)ccc1NC(=S)Nc1ccccc1F. The van der Waals surface area contributed by atoms with E-state index in [2.05, 4.69) is 39.3 Å². The molecular weight excluding hydrogens is 374 g/mol. The monoisotopic (exact) mass is 386 g/mol. The zero-order valence-electron chi connectivity index (χ0n) is 10.2. The lowest BCUT2D eigenvalue weighted by molar-refractivity contribution is 0.632. The van der Waals surface area contributed by atoms with E-state index in [1.807, 2.05) is 19.1 Å². The minimum Gasteiger partial charge on any atom is -0.332 e. The fourth-order valence-electron chi connectivity index (χ4n) is 1.61. The van der Waals surface area contributed by atoms with E-state index in [1.165, 1.54) is 6.07 Å². The Bertz CT molecular complexity index is 616. The van der Waals surface area contributed by atoms with Gasteiger partial charge in [-0.15, -0.1) is 0 Å². The molecule has 5 heteroatoms. The van der Waals surface area contributed by atoms with Crippen molar-refractivity contribution in [3.63, 3.8) is 0 Å². The first-order valence-corrected chi connectivity index (χ1v) is 7.13. The Morgan fingerprint density at radius 1 is 1.11 bits per heavy atom. The fraction of sp³-hybridized carbons (Fsp3) is 0.0714. The second kappa shape index (κ2) is 6.29. The number of nitrogens with one attached hydrogen (secondary N) is 2. The van der Waals surface area contributed by atoms with Gasteiger partial charge in [-0.25, -0.2) is 4.39 Å². The molecule has 0 amide bonds. The molecule has 0 saturated carbocycles. The maximum absolute atomic E-state index is 13.5. The summed E-state index contributed by atoms with van der Waals surface area (Å²) in [5.41, 5.74) is 2.36. The summed E-state index contributed by atoms with van der Waals surface area (Å²) in [7, 11) is 0. The van der Waals surface area contributed by atoms with Crippen molar-refractivity contribution in [1.82, 2.24) is 0 Å². The lowest BCUT2D eigenvalue weighted by Gasteiger charge is -2.13. The number of anilines is 2. The average Bonchev–Trinajstić information content (AvgIpc) is 2.36. The Morgan fingerprint density at radius 3 is 2.47 bits per heavy atom. The van der Waals surface area contributed by atoms with Crippen LogP contribution < -0.4 is 10.6 Å². The van der Waals surface area contributed by atoms with Crippen LogP contribution >= 0.6 is 34.8 Å². The number of hydrogen-bond donors (Lipinski definition) is 2. The van der Waals surface area contributed by atoms with Crippen LogP contribution in [0, 0.1) is 16.3 Å². The summed E-state index contributed by atoms with van der Waals surface area (Å²) in [6.45, 7) is 2.00. The standard InChI is InChI=1S/C14H12FIN2S/c1-9-8-10(16)6-7-12(9)17-14(19)18-13-5-3-2-4-11(13)15/h2-8H,1H3,(H2,17,18,19). The Hall–Kier alpha value is -1.21. The van der Waals surface area contributed by atoms with Crippen LogP contribution in [0.1, 0.15) is 5.56 Å². The van der Waals surface area contributed by atoms with E-state index in [-0.39, 0.29) is 5.82 Å². The van der Waals surface area contributed by atoms with Crippen molar-refractivity contribution < 1.29 is 4.39 Å². The van der Waals surface area contributed by atoms with Crippen molar-refractivity contribution in [2.75, 3.05) is 10.6 Å². The number of halogens is 2. The Morgan fingerprint density at radius 2 is 1.79 bits per heavy atom. The van der Waals surface area contributed by atoms with E-state index in [0.717, 1.165) is 14.8 Å². The van der Waals surface area contributed by atoms with Gasteiger partial charge in [-0.2, -0.15) is 0 Å². The molecule has 98 valence electrons. The molecule has 0 saturated heterocycles. The molecule has 0 unspecified atom stereocenters. The summed E-state index contributed by atoms with van der Waals surface area (Å²) in [5, 5.41) is 6.28. The molecule has 2 aromatic carbocycles. The number of aryl methyl sites for hydroxylation is 1. The van der Waals surface area contributed by atoms with E-state index in [1.54, 1.807) is 18.2 Å². The molecule has 0 radical (unpaired) electrons. The predicted octanol–water partition coefficient (Wildman–Crippen LogP) is 4.55. The highest BCUT2D eigenvalue weighted by molar-refractivity contribution is 14.1. The third kappa shape index (κ3) is 3.87. The second-order valence-electron chi connectivity index (χ2n) is 4.02. The predicted molar refractivity (Wildman–Crippen MR) is 90.1 cm³/mol. The van der Waals surface area contributed by atoms with Crippen molar-refractivity contribution in [1.29, 1.82) is 0 Å². The topological polar surface area (TPSA) is 24.1 Å². The molecule has 0 spiro atoms. The number of rotatable bonds is 2. The molecule has 0 bridgehead atoms. The molecule has 2 aromatic rings. The summed E-state index contributed by atoms with van der Waals surface area (Å²) >= 11 is 7.43. The van der Waals surface area contributed by atoms with Gasteiger partial charge in [-0.1, -0.05) is 12.1 Å². The second-order valence-corrected chi connectivity index (χ2v) is 5.67. The molecule has 0 fully saturated rings. The molecular formula is C14H12FIN2S. The van der Waals surface area contributed by atoms with Gasteiger partial charge < -0.3 is 10.6 Å². The van der Waals surface area contributed by atoms with Crippen LogP contribution in [0.2, 0.25) is 0 Å². The maximum Gasteiger partial charge on any atom is 0.175 e. The zero-order valence-corrected chi connectivity index (χ0v) is 13.2. The first-order valence-electron chi connectivity index (χ1n) is 5.65. The van der Waals surface area contributed by atoms with Crippen molar-refractivity contribution in [2.45, 2.75) is 6.92 Å². The van der Waals surface area contributed by atoms with Gasteiger partial charge in [-0.05, 0) is 77.6 Å². The van der Waals surface area contributed by atoms with E-state index < -0.39 is 0 Å². The van der Waals surface area contributed by atoms with Crippen LogP contribution in [0.4, 0.5) is 15.8 Å². The van der Waals surface area contributed by atoms with Crippen molar-refractivity contribution in [2.24, 2.45) is 0 Å².